The van der Waals surface area contributed by atoms with E-state index in [-0.39, 0.29) is 17.4 Å². The summed E-state index contributed by atoms with van der Waals surface area (Å²) < 4.78 is 10.3. The molecule has 35 heavy (non-hydrogen) atoms. The first-order valence-corrected chi connectivity index (χ1v) is 10.7. The van der Waals surface area contributed by atoms with E-state index in [4.69, 9.17) is 9.47 Å². The Balaban J connectivity index is 1.61. The van der Waals surface area contributed by atoms with Gasteiger partial charge in [-0.1, -0.05) is 17.7 Å². The number of ether oxygens (including phenoxy) is 2. The first-order chi connectivity index (χ1) is 16.8. The van der Waals surface area contributed by atoms with Gasteiger partial charge in [-0.25, -0.2) is 9.78 Å². The number of aromatic amines is 1. The molecule has 2 N–H and O–H groups in total. The molecule has 0 aliphatic rings. The lowest BCUT2D eigenvalue weighted by molar-refractivity contribution is 0.0601. The van der Waals surface area contributed by atoms with E-state index in [0.717, 1.165) is 11.1 Å². The highest BCUT2D eigenvalue weighted by Crippen LogP contribution is 2.29. The first-order valence-electron chi connectivity index (χ1n) is 10.7. The number of anilines is 2. The number of aromatic nitrogens is 2. The number of nitrogens with zero attached hydrogens (tertiary/aromatic N) is 2. The molecule has 2 amide bonds. The minimum absolute atomic E-state index is 0.284. The predicted octanol–water partition coefficient (Wildman–Crippen LogP) is 4.20. The second-order valence-electron chi connectivity index (χ2n) is 7.85. The van der Waals surface area contributed by atoms with Gasteiger partial charge in [0.25, 0.3) is 11.8 Å². The van der Waals surface area contributed by atoms with Gasteiger partial charge in [0, 0.05) is 12.6 Å². The van der Waals surface area contributed by atoms with Crippen LogP contribution in [0.4, 0.5) is 11.4 Å². The highest BCUT2D eigenvalue weighted by Gasteiger charge is 2.22. The highest BCUT2D eigenvalue weighted by atomic mass is 16.5. The molecule has 9 heteroatoms. The van der Waals surface area contributed by atoms with Crippen molar-refractivity contribution in [2.24, 2.45) is 0 Å². The molecule has 9 nitrogen and oxygen atoms in total. The van der Waals surface area contributed by atoms with Gasteiger partial charge in [0.15, 0.2) is 0 Å². The van der Waals surface area contributed by atoms with Gasteiger partial charge in [-0.3, -0.25) is 9.59 Å². The normalized spacial score (nSPS) is 10.6. The number of imidazole rings is 1. The molecule has 0 spiro atoms. The number of rotatable bonds is 6. The van der Waals surface area contributed by atoms with Gasteiger partial charge < -0.3 is 24.7 Å². The van der Waals surface area contributed by atoms with E-state index in [1.807, 2.05) is 19.1 Å². The molecule has 0 saturated carbocycles. The summed E-state index contributed by atoms with van der Waals surface area (Å²) in [7, 11) is 4.32. The maximum atomic E-state index is 13.3. The molecule has 178 valence electrons. The number of amides is 2. The molecule has 0 atom stereocenters. The molecule has 0 aliphatic heterocycles. The first kappa shape index (κ1) is 23.5. The van der Waals surface area contributed by atoms with E-state index in [1.165, 1.54) is 31.5 Å². The summed E-state index contributed by atoms with van der Waals surface area (Å²) in [6.07, 6.45) is 1.53. The van der Waals surface area contributed by atoms with E-state index < -0.39 is 5.97 Å². The lowest BCUT2D eigenvalue weighted by Crippen LogP contribution is -2.28. The molecule has 4 rings (SSSR count). The van der Waals surface area contributed by atoms with Gasteiger partial charge in [-0.15, -0.1) is 0 Å². The van der Waals surface area contributed by atoms with E-state index in [1.54, 1.807) is 43.4 Å². The molecular weight excluding hydrogens is 448 g/mol. The smallest absolute Gasteiger partial charge is 0.339 e. The summed E-state index contributed by atoms with van der Waals surface area (Å²) in [5.41, 5.74) is 3.97. The Morgan fingerprint density at radius 1 is 1.00 bits per heavy atom. The average molecular weight is 473 g/mol. The summed E-state index contributed by atoms with van der Waals surface area (Å²) in [4.78, 5) is 47.0. The standard InChI is InChI=1S/C26H24N4O5/c1-15-8-11-21(18(12-15)26(33)35-4)30(2)25(32)16-9-10-19(22(13-16)34-3)29-24(31)17-6-5-7-20-23(17)28-14-27-20/h5-14H,1-4H3,(H,27,28)(H,29,31). The largest absolute Gasteiger partial charge is 0.495 e. The summed E-state index contributed by atoms with van der Waals surface area (Å²) in [6, 6.07) is 15.2. The van der Waals surface area contributed by atoms with Crippen molar-refractivity contribution >= 4 is 40.2 Å². The van der Waals surface area contributed by atoms with Crippen LogP contribution in [0, 0.1) is 6.92 Å². The number of benzene rings is 3. The van der Waals surface area contributed by atoms with Gasteiger partial charge in [0.2, 0.25) is 0 Å². The lowest BCUT2D eigenvalue weighted by atomic mass is 10.1. The van der Waals surface area contributed by atoms with Crippen molar-refractivity contribution in [3.05, 3.63) is 83.2 Å². The predicted molar refractivity (Wildman–Crippen MR) is 132 cm³/mol. The Labute approximate surface area is 201 Å². The van der Waals surface area contributed by atoms with Crippen LogP contribution in [0.1, 0.15) is 36.6 Å². The van der Waals surface area contributed by atoms with Crippen LogP contribution in [0.2, 0.25) is 0 Å². The third kappa shape index (κ3) is 4.56. The third-order valence-corrected chi connectivity index (χ3v) is 5.61. The molecule has 0 bridgehead atoms. The van der Waals surface area contributed by atoms with Crippen molar-refractivity contribution in [2.45, 2.75) is 6.92 Å². The fourth-order valence-corrected chi connectivity index (χ4v) is 3.78. The van der Waals surface area contributed by atoms with Crippen molar-refractivity contribution in [3.63, 3.8) is 0 Å². The van der Waals surface area contributed by atoms with Crippen LogP contribution in [-0.2, 0) is 4.74 Å². The molecule has 0 unspecified atom stereocenters. The van der Waals surface area contributed by atoms with Crippen molar-refractivity contribution in [2.75, 3.05) is 31.5 Å². The number of H-pyrrole nitrogens is 1. The summed E-state index contributed by atoms with van der Waals surface area (Å²) >= 11 is 0. The van der Waals surface area contributed by atoms with Crippen LogP contribution in [-0.4, -0.2) is 49.0 Å². The van der Waals surface area contributed by atoms with Gasteiger partial charge in [-0.2, -0.15) is 0 Å². The quantitative estimate of drug-likeness (QED) is 0.407. The molecule has 0 saturated heterocycles. The number of carbonyl (C=O) groups excluding carboxylic acids is 3. The Hall–Kier alpha value is -4.66. The lowest BCUT2D eigenvalue weighted by Gasteiger charge is -2.21. The summed E-state index contributed by atoms with van der Waals surface area (Å²) in [5.74, 6) is -0.953. The van der Waals surface area contributed by atoms with Gasteiger partial charge in [-0.05, 0) is 49.4 Å². The van der Waals surface area contributed by atoms with Crippen molar-refractivity contribution in [3.8, 4) is 5.75 Å². The number of carbonyl (C=O) groups is 3. The van der Waals surface area contributed by atoms with Crippen LogP contribution in [0.25, 0.3) is 11.0 Å². The van der Waals surface area contributed by atoms with Crippen LogP contribution >= 0.6 is 0 Å². The maximum Gasteiger partial charge on any atom is 0.339 e. The molecule has 0 radical (unpaired) electrons. The number of nitrogens with one attached hydrogen (secondary N) is 2. The number of methoxy groups -OCH3 is 2. The van der Waals surface area contributed by atoms with Crippen LogP contribution < -0.4 is 15.0 Å². The zero-order valence-corrected chi connectivity index (χ0v) is 19.7. The summed E-state index contributed by atoms with van der Waals surface area (Å²) in [5, 5.41) is 2.82. The molecule has 1 heterocycles. The zero-order chi connectivity index (χ0) is 25.1. The van der Waals surface area contributed by atoms with E-state index in [0.29, 0.717) is 33.8 Å². The number of esters is 1. The number of aryl methyl sites for hydroxylation is 1. The highest BCUT2D eigenvalue weighted by molar-refractivity contribution is 6.13. The molecule has 4 aromatic rings. The molecule has 0 fully saturated rings. The van der Waals surface area contributed by atoms with Crippen molar-refractivity contribution < 1.29 is 23.9 Å². The van der Waals surface area contributed by atoms with Gasteiger partial charge in [0.1, 0.15) is 11.3 Å². The van der Waals surface area contributed by atoms with Crippen LogP contribution in [0.15, 0.2) is 60.9 Å². The minimum atomic E-state index is -0.536. The topological polar surface area (TPSA) is 114 Å². The number of fused-ring (bicyclic) bond motifs is 1. The Bertz CT molecular complexity index is 1440. The Kier molecular flexibility index (Phi) is 6.50. The number of hydrogen-bond acceptors (Lipinski definition) is 6. The summed E-state index contributed by atoms with van der Waals surface area (Å²) in [6.45, 7) is 1.85. The van der Waals surface area contributed by atoms with E-state index in [2.05, 4.69) is 15.3 Å². The second-order valence-corrected chi connectivity index (χ2v) is 7.85. The Morgan fingerprint density at radius 2 is 1.80 bits per heavy atom. The third-order valence-electron chi connectivity index (χ3n) is 5.61. The van der Waals surface area contributed by atoms with Crippen molar-refractivity contribution in [1.29, 1.82) is 0 Å². The molecular formula is C26H24N4O5. The molecule has 1 aromatic heterocycles. The van der Waals surface area contributed by atoms with Crippen molar-refractivity contribution in [1.82, 2.24) is 9.97 Å². The molecule has 3 aromatic carbocycles. The fourth-order valence-electron chi connectivity index (χ4n) is 3.78. The maximum absolute atomic E-state index is 13.3. The molecule has 0 aliphatic carbocycles. The SMILES string of the molecule is COC(=O)c1cc(C)ccc1N(C)C(=O)c1ccc(NC(=O)c2cccc3[nH]cnc23)c(OC)c1. The van der Waals surface area contributed by atoms with E-state index >= 15 is 0 Å². The van der Waals surface area contributed by atoms with Gasteiger partial charge in [0.05, 0.1) is 48.6 Å². The number of hydrogen-bond donors (Lipinski definition) is 2. The monoisotopic (exact) mass is 472 g/mol. The van der Waals surface area contributed by atoms with Crippen LogP contribution in [0.3, 0.4) is 0 Å². The van der Waals surface area contributed by atoms with E-state index in [9.17, 15) is 14.4 Å². The Morgan fingerprint density at radius 3 is 2.54 bits per heavy atom. The average Bonchev–Trinajstić information content (AvgIpc) is 3.36. The zero-order valence-electron chi connectivity index (χ0n) is 19.7. The van der Waals surface area contributed by atoms with Crippen LogP contribution in [0.5, 0.6) is 5.75 Å². The number of para-hydroxylation sites is 1. The van der Waals surface area contributed by atoms with Gasteiger partial charge >= 0.3 is 5.97 Å². The second kappa shape index (κ2) is 9.68. The minimum Gasteiger partial charge on any atom is -0.495 e. The fraction of sp³-hybridized carbons (Fsp3) is 0.154.